The Bertz CT molecular complexity index is 370. The molecule has 3 N–H and O–H groups in total. The van der Waals surface area contributed by atoms with Gasteiger partial charge in [-0.3, -0.25) is 5.14 Å². The minimum atomic E-state index is -0.808. The number of fused-ring (bicyclic) bond motifs is 1. The summed E-state index contributed by atoms with van der Waals surface area (Å²) in [6.07, 6.45) is 0. The summed E-state index contributed by atoms with van der Waals surface area (Å²) in [5.74, 6) is 0. The molecule has 0 saturated carbocycles. The highest BCUT2D eigenvalue weighted by molar-refractivity contribution is 7.97. The lowest BCUT2D eigenvalue weighted by Gasteiger charge is -2.19. The van der Waals surface area contributed by atoms with E-state index in [2.05, 4.69) is 0 Å². The maximum Gasteiger partial charge on any atom is 0.492 e. The van der Waals surface area contributed by atoms with Gasteiger partial charge in [-0.1, -0.05) is 6.07 Å². The normalized spacial score (nSPS) is 18.4. The maximum atomic E-state index is 9.62. The molecular formula is C9H12BNO2S. The molecule has 0 radical (unpaired) electrons. The van der Waals surface area contributed by atoms with Gasteiger partial charge >= 0.3 is 7.12 Å². The highest BCUT2D eigenvalue weighted by Gasteiger charge is 2.40. The van der Waals surface area contributed by atoms with E-state index in [0.29, 0.717) is 0 Å². The monoisotopic (exact) mass is 209 g/mol. The van der Waals surface area contributed by atoms with Gasteiger partial charge in [0.1, 0.15) is 0 Å². The number of benzene rings is 1. The Morgan fingerprint density at radius 1 is 1.50 bits per heavy atom. The molecule has 0 saturated heterocycles. The van der Waals surface area contributed by atoms with Crippen LogP contribution in [-0.2, 0) is 10.3 Å². The Balaban J connectivity index is 2.53. The van der Waals surface area contributed by atoms with Crippen molar-refractivity contribution >= 4 is 24.5 Å². The average Bonchev–Trinajstić information content (AvgIpc) is 2.37. The van der Waals surface area contributed by atoms with E-state index in [-0.39, 0.29) is 0 Å². The Labute approximate surface area is 87.9 Å². The second-order valence-electron chi connectivity index (χ2n) is 3.85. The highest BCUT2D eigenvalue weighted by Crippen LogP contribution is 2.31. The fraction of sp³-hybridized carbons (Fsp3) is 0.333. The first-order chi connectivity index (χ1) is 6.54. The van der Waals surface area contributed by atoms with Crippen molar-refractivity contribution < 1.29 is 9.68 Å². The minimum Gasteiger partial charge on any atom is -0.423 e. The molecule has 0 bridgehead atoms. The first-order valence-electron chi connectivity index (χ1n) is 4.41. The van der Waals surface area contributed by atoms with E-state index in [1.807, 2.05) is 32.0 Å². The topological polar surface area (TPSA) is 55.5 Å². The van der Waals surface area contributed by atoms with Gasteiger partial charge in [-0.2, -0.15) is 0 Å². The van der Waals surface area contributed by atoms with Crippen LogP contribution in [0.3, 0.4) is 0 Å². The summed E-state index contributed by atoms with van der Waals surface area (Å²) in [4.78, 5) is 0.981. The number of hydrogen-bond acceptors (Lipinski definition) is 4. The zero-order chi connectivity index (χ0) is 10.3. The third-order valence-corrected chi connectivity index (χ3v) is 3.01. The third-order valence-electron chi connectivity index (χ3n) is 2.48. The van der Waals surface area contributed by atoms with Gasteiger partial charge < -0.3 is 9.68 Å². The predicted octanol–water partition coefficient (Wildman–Crippen LogP) is 0.605. The molecule has 1 heterocycles. The van der Waals surface area contributed by atoms with Crippen molar-refractivity contribution in [2.75, 3.05) is 0 Å². The van der Waals surface area contributed by atoms with E-state index in [9.17, 15) is 5.02 Å². The molecule has 0 unspecified atom stereocenters. The molecule has 0 aromatic heterocycles. The number of nitrogens with two attached hydrogens (primary N) is 1. The molecule has 0 aliphatic carbocycles. The first-order valence-corrected chi connectivity index (χ1v) is 5.29. The van der Waals surface area contributed by atoms with E-state index >= 15 is 0 Å². The van der Waals surface area contributed by atoms with Gasteiger partial charge in [-0.15, -0.1) is 0 Å². The summed E-state index contributed by atoms with van der Waals surface area (Å²) in [6, 6.07) is 5.72. The van der Waals surface area contributed by atoms with Crippen LogP contribution in [0.5, 0.6) is 0 Å². The van der Waals surface area contributed by atoms with E-state index in [1.54, 1.807) is 0 Å². The first kappa shape index (κ1) is 10.0. The summed E-state index contributed by atoms with van der Waals surface area (Å²) >= 11 is 1.20. The van der Waals surface area contributed by atoms with Gasteiger partial charge in [0.2, 0.25) is 0 Å². The third kappa shape index (κ3) is 1.46. The average molecular weight is 209 g/mol. The Kier molecular flexibility index (Phi) is 2.35. The van der Waals surface area contributed by atoms with Crippen molar-refractivity contribution in [2.45, 2.75) is 24.3 Å². The van der Waals surface area contributed by atoms with E-state index in [0.717, 1.165) is 15.9 Å². The fourth-order valence-corrected chi connectivity index (χ4v) is 2.08. The maximum absolute atomic E-state index is 9.62. The molecule has 5 heteroatoms. The lowest BCUT2D eigenvalue weighted by Crippen LogP contribution is -2.28. The van der Waals surface area contributed by atoms with E-state index < -0.39 is 12.7 Å². The van der Waals surface area contributed by atoms with Crippen LogP contribution >= 0.6 is 11.9 Å². The predicted molar refractivity (Wildman–Crippen MR) is 58.2 cm³/mol. The largest absolute Gasteiger partial charge is 0.492 e. The second-order valence-corrected chi connectivity index (χ2v) is 4.55. The van der Waals surface area contributed by atoms with Crippen molar-refractivity contribution in [3.05, 3.63) is 23.8 Å². The highest BCUT2D eigenvalue weighted by atomic mass is 32.2. The Morgan fingerprint density at radius 2 is 2.21 bits per heavy atom. The van der Waals surface area contributed by atoms with Crippen LogP contribution < -0.4 is 10.6 Å². The van der Waals surface area contributed by atoms with Gasteiger partial charge in [0, 0.05) is 4.90 Å². The molecule has 1 aliphatic heterocycles. The van der Waals surface area contributed by atoms with Crippen LogP contribution in [0.2, 0.25) is 0 Å². The van der Waals surface area contributed by atoms with Gasteiger partial charge in [0.15, 0.2) is 0 Å². The van der Waals surface area contributed by atoms with Crippen LogP contribution in [-0.4, -0.2) is 12.1 Å². The molecule has 0 amide bonds. The van der Waals surface area contributed by atoms with Crippen LogP contribution in [0, 0.1) is 0 Å². The molecule has 1 aromatic carbocycles. The Hall–Kier alpha value is -0.485. The molecule has 0 fully saturated rings. The van der Waals surface area contributed by atoms with Crippen molar-refractivity contribution in [1.29, 1.82) is 0 Å². The molecule has 0 atom stereocenters. The van der Waals surface area contributed by atoms with Crippen molar-refractivity contribution in [3.8, 4) is 0 Å². The molecule has 0 spiro atoms. The van der Waals surface area contributed by atoms with E-state index in [1.165, 1.54) is 11.9 Å². The summed E-state index contributed by atoms with van der Waals surface area (Å²) in [5.41, 5.74) is 1.42. The molecule has 1 aliphatic rings. The standard InChI is InChI=1S/C9H12BNO2S/c1-9(2)7-5-6(14-11)3-4-8(7)10(12)13-9/h3-5,12H,11H2,1-2H3. The Morgan fingerprint density at radius 3 is 2.86 bits per heavy atom. The number of rotatable bonds is 1. The molecular weight excluding hydrogens is 197 g/mol. The van der Waals surface area contributed by atoms with Crippen LogP contribution in [0.4, 0.5) is 0 Å². The van der Waals surface area contributed by atoms with E-state index in [4.69, 9.17) is 9.79 Å². The second kappa shape index (κ2) is 3.27. The fourth-order valence-electron chi connectivity index (χ4n) is 1.75. The van der Waals surface area contributed by atoms with Gasteiger partial charge in [-0.05, 0) is 49.0 Å². The SMILES string of the molecule is CC1(C)OB(O)c2ccc(SN)cc21. The lowest BCUT2D eigenvalue weighted by molar-refractivity contribution is 0.101. The quantitative estimate of drug-likeness (QED) is 0.525. The molecule has 3 nitrogen and oxygen atoms in total. The summed E-state index contributed by atoms with van der Waals surface area (Å²) in [6.45, 7) is 3.88. The molecule has 2 rings (SSSR count). The van der Waals surface area contributed by atoms with Crippen molar-refractivity contribution in [2.24, 2.45) is 5.14 Å². The zero-order valence-corrected chi connectivity index (χ0v) is 8.97. The van der Waals surface area contributed by atoms with Crippen LogP contribution in [0.25, 0.3) is 0 Å². The van der Waals surface area contributed by atoms with Crippen LogP contribution in [0.15, 0.2) is 23.1 Å². The smallest absolute Gasteiger partial charge is 0.423 e. The minimum absolute atomic E-state index is 0.430. The van der Waals surface area contributed by atoms with Gasteiger partial charge in [0.05, 0.1) is 5.60 Å². The molecule has 14 heavy (non-hydrogen) atoms. The van der Waals surface area contributed by atoms with Crippen LogP contribution in [0.1, 0.15) is 19.4 Å². The van der Waals surface area contributed by atoms with Crippen molar-refractivity contribution in [1.82, 2.24) is 0 Å². The number of hydrogen-bond donors (Lipinski definition) is 2. The zero-order valence-electron chi connectivity index (χ0n) is 8.15. The van der Waals surface area contributed by atoms with Crippen molar-refractivity contribution in [3.63, 3.8) is 0 Å². The summed E-state index contributed by atoms with van der Waals surface area (Å²) < 4.78 is 5.42. The molecule has 1 aromatic rings. The summed E-state index contributed by atoms with van der Waals surface area (Å²) in [7, 11) is -0.808. The van der Waals surface area contributed by atoms with Gasteiger partial charge in [-0.25, -0.2) is 0 Å². The summed E-state index contributed by atoms with van der Waals surface area (Å²) in [5, 5.41) is 15.1. The van der Waals surface area contributed by atoms with Gasteiger partial charge in [0.25, 0.3) is 0 Å². The molecule has 74 valence electrons. The lowest BCUT2D eigenvalue weighted by atomic mass is 9.78.